The lowest BCUT2D eigenvalue weighted by Gasteiger charge is -2.21. The minimum atomic E-state index is -4.96. The minimum Gasteiger partial charge on any atom is -0.462 e. The molecule has 588 valence electrons. The molecule has 0 fully saturated rings. The molecular formula is C80H156O17P2. The Morgan fingerprint density at radius 1 is 0.283 bits per heavy atom. The van der Waals surface area contributed by atoms with Gasteiger partial charge >= 0.3 is 39.5 Å². The third-order valence-electron chi connectivity index (χ3n) is 18.9. The molecule has 0 aliphatic heterocycles. The molecule has 0 saturated carbocycles. The largest absolute Gasteiger partial charge is 0.472 e. The molecule has 17 nitrogen and oxygen atoms in total. The number of phosphoric acid groups is 2. The molecule has 0 aromatic rings. The highest BCUT2D eigenvalue weighted by Gasteiger charge is 2.30. The van der Waals surface area contributed by atoms with E-state index < -0.39 is 97.5 Å². The summed E-state index contributed by atoms with van der Waals surface area (Å²) >= 11 is 0. The van der Waals surface area contributed by atoms with Gasteiger partial charge in [-0.1, -0.05) is 357 Å². The van der Waals surface area contributed by atoms with Crippen molar-refractivity contribution in [3.05, 3.63) is 0 Å². The number of carbonyl (C=O) groups is 4. The SMILES string of the molecule is CCC(C)CCCCCCCCC(=O)OC[C@H](COP(=O)(O)OC[C@H](O)COP(=O)(O)OC[C@@H](COC(=O)CCCCCCCCCCCCCCCCCC(C)C)OC(=O)CCCCCCCCCCCCCCCCCC(C)C)OC(=O)CCCCCCCCCCCCC(C)C. The Kier molecular flexibility index (Phi) is 67.8. The van der Waals surface area contributed by atoms with E-state index in [9.17, 15) is 43.2 Å². The Morgan fingerprint density at radius 2 is 0.485 bits per heavy atom. The Balaban J connectivity index is 5.25. The lowest BCUT2D eigenvalue weighted by atomic mass is 10.00. The van der Waals surface area contributed by atoms with E-state index >= 15 is 0 Å². The summed E-state index contributed by atoms with van der Waals surface area (Å²) in [7, 11) is -9.92. The van der Waals surface area contributed by atoms with Crippen LogP contribution < -0.4 is 0 Å². The molecular weight excluding hydrogens is 1290 g/mol. The number of carbonyl (C=O) groups excluding carboxylic acids is 4. The van der Waals surface area contributed by atoms with E-state index in [4.69, 9.17) is 37.0 Å². The second-order valence-electron chi connectivity index (χ2n) is 30.5. The predicted molar refractivity (Wildman–Crippen MR) is 404 cm³/mol. The lowest BCUT2D eigenvalue weighted by molar-refractivity contribution is -0.161. The molecule has 0 aliphatic rings. The third-order valence-corrected chi connectivity index (χ3v) is 20.8. The first-order chi connectivity index (χ1) is 47.6. The highest BCUT2D eigenvalue weighted by Crippen LogP contribution is 2.45. The zero-order valence-corrected chi connectivity index (χ0v) is 66.9. The second-order valence-corrected chi connectivity index (χ2v) is 33.4. The van der Waals surface area contributed by atoms with E-state index in [1.165, 1.54) is 205 Å². The number of aliphatic hydroxyl groups excluding tert-OH is 1. The van der Waals surface area contributed by atoms with Gasteiger partial charge in [0.2, 0.25) is 0 Å². The molecule has 6 atom stereocenters. The van der Waals surface area contributed by atoms with E-state index in [-0.39, 0.29) is 25.7 Å². The van der Waals surface area contributed by atoms with Crippen LogP contribution in [-0.4, -0.2) is 96.7 Å². The molecule has 0 amide bonds. The number of esters is 4. The fourth-order valence-electron chi connectivity index (χ4n) is 12.2. The molecule has 0 rings (SSSR count). The van der Waals surface area contributed by atoms with Gasteiger partial charge in [-0.05, 0) is 49.4 Å². The molecule has 99 heavy (non-hydrogen) atoms. The third kappa shape index (κ3) is 72.8. The van der Waals surface area contributed by atoms with Crippen LogP contribution in [0.1, 0.15) is 409 Å². The van der Waals surface area contributed by atoms with Gasteiger partial charge in [-0.25, -0.2) is 9.13 Å². The van der Waals surface area contributed by atoms with Gasteiger partial charge in [0, 0.05) is 25.7 Å². The van der Waals surface area contributed by atoms with Crippen LogP contribution in [0.4, 0.5) is 0 Å². The quantitative estimate of drug-likeness (QED) is 0.0222. The van der Waals surface area contributed by atoms with Crippen LogP contribution >= 0.6 is 15.6 Å². The average molecular weight is 1450 g/mol. The Morgan fingerprint density at radius 3 is 0.717 bits per heavy atom. The topological polar surface area (TPSA) is 237 Å². The van der Waals surface area contributed by atoms with Crippen molar-refractivity contribution in [3.63, 3.8) is 0 Å². The number of hydrogen-bond acceptors (Lipinski definition) is 15. The van der Waals surface area contributed by atoms with Crippen LogP contribution in [0.25, 0.3) is 0 Å². The first-order valence-corrected chi connectivity index (χ1v) is 44.2. The minimum absolute atomic E-state index is 0.105. The van der Waals surface area contributed by atoms with Gasteiger partial charge in [0.15, 0.2) is 12.2 Å². The molecule has 0 spiro atoms. The number of ether oxygens (including phenoxy) is 4. The molecule has 0 radical (unpaired) electrons. The summed E-state index contributed by atoms with van der Waals surface area (Å²) in [5, 5.41) is 10.6. The highest BCUT2D eigenvalue weighted by atomic mass is 31.2. The van der Waals surface area contributed by atoms with Crippen molar-refractivity contribution in [3.8, 4) is 0 Å². The highest BCUT2D eigenvalue weighted by molar-refractivity contribution is 7.47. The Bertz CT molecular complexity index is 1940. The van der Waals surface area contributed by atoms with Gasteiger partial charge in [-0.3, -0.25) is 37.3 Å². The van der Waals surface area contributed by atoms with Crippen molar-refractivity contribution in [2.75, 3.05) is 39.6 Å². The van der Waals surface area contributed by atoms with Crippen molar-refractivity contribution in [2.45, 2.75) is 427 Å². The normalized spacial score (nSPS) is 14.3. The molecule has 0 heterocycles. The van der Waals surface area contributed by atoms with Gasteiger partial charge in [-0.15, -0.1) is 0 Å². The predicted octanol–water partition coefficient (Wildman–Crippen LogP) is 23.6. The number of unbranched alkanes of at least 4 members (excludes halogenated alkanes) is 42. The van der Waals surface area contributed by atoms with Gasteiger partial charge in [-0.2, -0.15) is 0 Å². The fourth-order valence-corrected chi connectivity index (χ4v) is 13.8. The van der Waals surface area contributed by atoms with E-state index in [0.717, 1.165) is 120 Å². The number of hydrogen-bond donors (Lipinski definition) is 3. The molecule has 3 N–H and O–H groups in total. The zero-order chi connectivity index (χ0) is 73.1. The summed E-state index contributed by atoms with van der Waals surface area (Å²) in [5.41, 5.74) is 0. The smallest absolute Gasteiger partial charge is 0.462 e. The maximum Gasteiger partial charge on any atom is 0.472 e. The lowest BCUT2D eigenvalue weighted by Crippen LogP contribution is -2.30. The van der Waals surface area contributed by atoms with Crippen molar-refractivity contribution in [1.29, 1.82) is 0 Å². The second kappa shape index (κ2) is 69.1. The van der Waals surface area contributed by atoms with Gasteiger partial charge in [0.1, 0.15) is 19.3 Å². The number of aliphatic hydroxyl groups is 1. The summed E-state index contributed by atoms with van der Waals surface area (Å²) in [6, 6.07) is 0. The Labute approximate surface area is 607 Å². The molecule has 0 aromatic heterocycles. The summed E-state index contributed by atoms with van der Waals surface area (Å²) in [5.74, 6) is 0.975. The molecule has 0 bridgehead atoms. The van der Waals surface area contributed by atoms with E-state index in [2.05, 4.69) is 55.4 Å². The first kappa shape index (κ1) is 97.1. The Hall–Kier alpha value is -1.94. The van der Waals surface area contributed by atoms with Crippen LogP contribution in [0, 0.1) is 23.7 Å². The first-order valence-electron chi connectivity index (χ1n) is 41.2. The van der Waals surface area contributed by atoms with E-state index in [1.807, 2.05) is 0 Å². The standard InChI is InChI=1S/C80H156O17P2/c1-9-73(8)59-51-43-38-39-45-53-61-78(83)91-67-76(97-80(85)63-55-47-37-31-25-24-28-34-42-50-58-72(6)7)69-95-99(88,89)93-65-74(81)64-92-98(86,87)94-68-75(96-79(84)62-54-46-36-30-23-19-15-11-13-17-21-27-33-41-49-57-71(4)5)66-90-77(82)60-52-44-35-29-22-18-14-10-12-16-20-26-32-40-48-56-70(2)3/h70-76,81H,9-69H2,1-8H3,(H,86,87)(H,88,89)/t73?,74-,75-,76-/m1/s1. The molecule has 3 unspecified atom stereocenters. The summed E-state index contributed by atoms with van der Waals surface area (Å²) < 4.78 is 68.7. The van der Waals surface area contributed by atoms with E-state index in [1.54, 1.807) is 0 Å². The van der Waals surface area contributed by atoms with Gasteiger partial charge in [0.25, 0.3) is 0 Å². The molecule has 19 heteroatoms. The summed E-state index contributed by atoms with van der Waals surface area (Å²) in [6.45, 7) is 14.2. The summed E-state index contributed by atoms with van der Waals surface area (Å²) in [6.07, 6.45) is 55.5. The zero-order valence-electron chi connectivity index (χ0n) is 65.1. The number of rotatable bonds is 77. The maximum absolute atomic E-state index is 13.1. The molecule has 0 saturated heterocycles. The van der Waals surface area contributed by atoms with Crippen LogP contribution in [0.15, 0.2) is 0 Å². The average Bonchev–Trinajstić information content (AvgIpc) is 0.977. The maximum atomic E-state index is 13.1. The molecule has 0 aromatic carbocycles. The van der Waals surface area contributed by atoms with Crippen LogP contribution in [0.3, 0.4) is 0 Å². The van der Waals surface area contributed by atoms with Gasteiger partial charge < -0.3 is 33.8 Å². The van der Waals surface area contributed by atoms with Crippen molar-refractivity contribution in [2.24, 2.45) is 23.7 Å². The van der Waals surface area contributed by atoms with Crippen LogP contribution in [0.5, 0.6) is 0 Å². The fraction of sp³-hybridized carbons (Fsp3) is 0.950. The molecule has 0 aliphatic carbocycles. The van der Waals surface area contributed by atoms with Gasteiger partial charge in [0.05, 0.1) is 26.4 Å². The van der Waals surface area contributed by atoms with Crippen LogP contribution in [-0.2, 0) is 65.4 Å². The van der Waals surface area contributed by atoms with Crippen LogP contribution in [0.2, 0.25) is 0 Å². The van der Waals surface area contributed by atoms with Crippen molar-refractivity contribution < 1.29 is 80.2 Å². The van der Waals surface area contributed by atoms with Crippen molar-refractivity contribution in [1.82, 2.24) is 0 Å². The van der Waals surface area contributed by atoms with E-state index in [0.29, 0.717) is 25.7 Å². The monoisotopic (exact) mass is 1450 g/mol. The summed E-state index contributed by atoms with van der Waals surface area (Å²) in [4.78, 5) is 73.0. The number of phosphoric ester groups is 2. The van der Waals surface area contributed by atoms with Crippen molar-refractivity contribution >= 4 is 39.5 Å².